The molecule has 94 valence electrons. The molecule has 0 amide bonds. The van der Waals surface area contributed by atoms with E-state index in [9.17, 15) is 0 Å². The molecule has 2 rings (SSSR count). The van der Waals surface area contributed by atoms with E-state index in [1.54, 1.807) is 13.2 Å². The smallest absolute Gasteiger partial charge is 0.224 e. The van der Waals surface area contributed by atoms with Gasteiger partial charge in [-0.15, -0.1) is 0 Å². The van der Waals surface area contributed by atoms with Gasteiger partial charge in [-0.2, -0.15) is 4.98 Å². The van der Waals surface area contributed by atoms with Crippen LogP contribution in [0, 0.1) is 0 Å². The Hall–Kier alpha value is -0.850. The van der Waals surface area contributed by atoms with Gasteiger partial charge in [0, 0.05) is 16.0 Å². The molecule has 18 heavy (non-hydrogen) atoms. The van der Waals surface area contributed by atoms with Gasteiger partial charge in [-0.05, 0) is 44.0 Å². The topological polar surface area (TPSA) is 49.8 Å². The molecule has 4 nitrogen and oxygen atoms in total. The molecule has 0 saturated carbocycles. The first-order chi connectivity index (χ1) is 8.61. The molecule has 0 aliphatic carbocycles. The molecule has 0 radical (unpaired) electrons. The Morgan fingerprint density at radius 2 is 1.89 bits per heavy atom. The van der Waals surface area contributed by atoms with Gasteiger partial charge in [0.15, 0.2) is 5.82 Å². The standard InChI is InChI=1S/C11H9Br2ClN4/c1-15-11-16-5-8(14)10(18-11)17-9-6(12)3-2-4-7(9)13/h2-5H,1H3,(H2,15,16,17,18). The van der Waals surface area contributed by atoms with E-state index in [4.69, 9.17) is 11.6 Å². The summed E-state index contributed by atoms with van der Waals surface area (Å²) >= 11 is 13.0. The Morgan fingerprint density at radius 1 is 1.22 bits per heavy atom. The Balaban J connectivity index is 2.39. The molecule has 0 fully saturated rings. The highest BCUT2D eigenvalue weighted by Crippen LogP contribution is 2.34. The summed E-state index contributed by atoms with van der Waals surface area (Å²) in [6.45, 7) is 0. The molecule has 2 N–H and O–H groups in total. The van der Waals surface area contributed by atoms with Crippen LogP contribution in [0.5, 0.6) is 0 Å². The molecule has 7 heteroatoms. The van der Waals surface area contributed by atoms with Crippen LogP contribution in [0.4, 0.5) is 17.5 Å². The molecule has 0 aliphatic heterocycles. The van der Waals surface area contributed by atoms with Crippen LogP contribution in [-0.4, -0.2) is 17.0 Å². The van der Waals surface area contributed by atoms with Gasteiger partial charge in [0.05, 0.1) is 11.9 Å². The number of nitrogens with one attached hydrogen (secondary N) is 2. The molecule has 0 bridgehead atoms. The lowest BCUT2D eigenvalue weighted by atomic mass is 10.3. The first-order valence-electron chi connectivity index (χ1n) is 5.03. The maximum atomic E-state index is 6.06. The summed E-state index contributed by atoms with van der Waals surface area (Å²) in [5, 5.41) is 6.49. The molecule has 0 aliphatic rings. The maximum absolute atomic E-state index is 6.06. The molecular weight excluding hydrogens is 383 g/mol. The van der Waals surface area contributed by atoms with Crippen LogP contribution in [0.3, 0.4) is 0 Å². The number of aromatic nitrogens is 2. The average Bonchev–Trinajstić information content (AvgIpc) is 2.36. The number of benzene rings is 1. The average molecular weight is 392 g/mol. The lowest BCUT2D eigenvalue weighted by Crippen LogP contribution is -2.01. The van der Waals surface area contributed by atoms with E-state index < -0.39 is 0 Å². The van der Waals surface area contributed by atoms with E-state index in [1.807, 2.05) is 18.2 Å². The van der Waals surface area contributed by atoms with Crippen molar-refractivity contribution in [2.45, 2.75) is 0 Å². The molecule has 0 spiro atoms. The minimum atomic E-state index is 0.455. The van der Waals surface area contributed by atoms with Crippen LogP contribution >= 0.6 is 43.5 Å². The first-order valence-corrected chi connectivity index (χ1v) is 6.99. The normalized spacial score (nSPS) is 10.2. The van der Waals surface area contributed by atoms with Gasteiger partial charge in [-0.1, -0.05) is 17.7 Å². The van der Waals surface area contributed by atoms with Gasteiger partial charge in [0.1, 0.15) is 5.02 Å². The number of halogens is 3. The summed E-state index contributed by atoms with van der Waals surface area (Å²) in [7, 11) is 1.75. The summed E-state index contributed by atoms with van der Waals surface area (Å²) in [6.07, 6.45) is 1.55. The van der Waals surface area contributed by atoms with Crippen LogP contribution in [0.1, 0.15) is 0 Å². The lowest BCUT2D eigenvalue weighted by Gasteiger charge is -2.11. The molecule has 2 aromatic rings. The van der Waals surface area contributed by atoms with Crippen LogP contribution < -0.4 is 10.6 Å². The highest BCUT2D eigenvalue weighted by molar-refractivity contribution is 9.11. The Morgan fingerprint density at radius 3 is 2.50 bits per heavy atom. The van der Waals surface area contributed by atoms with Crippen LogP contribution in [0.2, 0.25) is 5.02 Å². The van der Waals surface area contributed by atoms with Gasteiger partial charge in [0.25, 0.3) is 0 Å². The summed E-state index contributed by atoms with van der Waals surface area (Å²) < 4.78 is 1.83. The van der Waals surface area contributed by atoms with E-state index in [-0.39, 0.29) is 0 Å². The van der Waals surface area contributed by atoms with Gasteiger partial charge in [-0.25, -0.2) is 4.98 Å². The molecular formula is C11H9Br2ClN4. The van der Waals surface area contributed by atoms with Crippen molar-refractivity contribution in [3.63, 3.8) is 0 Å². The summed E-state index contributed by atoms with van der Waals surface area (Å²) in [4.78, 5) is 8.29. The van der Waals surface area contributed by atoms with Gasteiger partial charge < -0.3 is 10.6 Å². The molecule has 0 atom stereocenters. The quantitative estimate of drug-likeness (QED) is 0.811. The molecule has 1 aromatic carbocycles. The second kappa shape index (κ2) is 5.86. The predicted molar refractivity (Wildman–Crippen MR) is 81.7 cm³/mol. The Kier molecular flexibility index (Phi) is 4.42. The number of para-hydroxylation sites is 1. The van der Waals surface area contributed by atoms with Crippen molar-refractivity contribution >= 4 is 60.9 Å². The van der Waals surface area contributed by atoms with E-state index in [2.05, 4.69) is 52.5 Å². The van der Waals surface area contributed by atoms with Crippen molar-refractivity contribution < 1.29 is 0 Å². The van der Waals surface area contributed by atoms with Crippen LogP contribution in [0.15, 0.2) is 33.3 Å². The number of anilines is 3. The first kappa shape index (κ1) is 13.6. The zero-order valence-electron chi connectivity index (χ0n) is 9.34. The Labute approximate surface area is 126 Å². The van der Waals surface area contributed by atoms with Crippen molar-refractivity contribution in [3.8, 4) is 0 Å². The van der Waals surface area contributed by atoms with E-state index >= 15 is 0 Å². The highest BCUT2D eigenvalue weighted by atomic mass is 79.9. The Bertz CT molecular complexity index is 557. The zero-order chi connectivity index (χ0) is 13.1. The van der Waals surface area contributed by atoms with Crippen molar-refractivity contribution in [2.24, 2.45) is 0 Å². The minimum Gasteiger partial charge on any atom is -0.357 e. The largest absolute Gasteiger partial charge is 0.357 e. The van der Waals surface area contributed by atoms with Crippen molar-refractivity contribution in [3.05, 3.63) is 38.4 Å². The van der Waals surface area contributed by atoms with Crippen molar-refractivity contribution in [1.82, 2.24) is 9.97 Å². The molecule has 0 unspecified atom stereocenters. The van der Waals surface area contributed by atoms with Crippen LogP contribution in [0.25, 0.3) is 0 Å². The van der Waals surface area contributed by atoms with Gasteiger partial charge in [-0.3, -0.25) is 0 Å². The van der Waals surface area contributed by atoms with Gasteiger partial charge >= 0.3 is 0 Å². The van der Waals surface area contributed by atoms with Crippen molar-refractivity contribution in [2.75, 3.05) is 17.7 Å². The number of hydrogen-bond acceptors (Lipinski definition) is 4. The van der Waals surface area contributed by atoms with E-state index in [0.717, 1.165) is 14.6 Å². The summed E-state index contributed by atoms with van der Waals surface area (Å²) in [5.74, 6) is 1.05. The fourth-order valence-corrected chi connectivity index (χ4v) is 2.65. The van der Waals surface area contributed by atoms with Gasteiger partial charge in [0.2, 0.25) is 5.95 Å². The predicted octanol–water partition coefficient (Wildman–Crippen LogP) is 4.44. The lowest BCUT2D eigenvalue weighted by molar-refractivity contribution is 1.15. The fourth-order valence-electron chi connectivity index (χ4n) is 1.31. The zero-order valence-corrected chi connectivity index (χ0v) is 13.3. The van der Waals surface area contributed by atoms with E-state index in [0.29, 0.717) is 16.8 Å². The molecule has 1 aromatic heterocycles. The van der Waals surface area contributed by atoms with Crippen LogP contribution in [-0.2, 0) is 0 Å². The molecule has 1 heterocycles. The number of rotatable bonds is 3. The third-order valence-corrected chi connectivity index (χ3v) is 3.77. The third kappa shape index (κ3) is 2.93. The highest BCUT2D eigenvalue weighted by Gasteiger charge is 2.09. The summed E-state index contributed by atoms with van der Waals surface area (Å²) in [6, 6.07) is 5.79. The minimum absolute atomic E-state index is 0.455. The number of hydrogen-bond donors (Lipinski definition) is 2. The fraction of sp³-hybridized carbons (Fsp3) is 0.0909. The summed E-state index contributed by atoms with van der Waals surface area (Å²) in [5.41, 5.74) is 0.861. The monoisotopic (exact) mass is 390 g/mol. The second-order valence-corrected chi connectivity index (χ2v) is 5.48. The number of nitrogens with zero attached hydrogens (tertiary/aromatic N) is 2. The maximum Gasteiger partial charge on any atom is 0.224 e. The molecule has 0 saturated heterocycles. The third-order valence-electron chi connectivity index (χ3n) is 2.17. The van der Waals surface area contributed by atoms with Crippen molar-refractivity contribution in [1.29, 1.82) is 0 Å². The second-order valence-electron chi connectivity index (χ2n) is 3.36. The van der Waals surface area contributed by atoms with E-state index in [1.165, 1.54) is 0 Å². The SMILES string of the molecule is CNc1ncc(Cl)c(Nc2c(Br)cccc2Br)n1.